The van der Waals surface area contributed by atoms with Gasteiger partial charge in [-0.1, -0.05) is 6.04 Å². The van der Waals surface area contributed by atoms with Crippen LogP contribution in [0.1, 0.15) is 6.42 Å². The second-order valence-electron chi connectivity index (χ2n) is 4.26. The van der Waals surface area contributed by atoms with Crippen LogP contribution in [0.2, 0.25) is 6.04 Å². The highest BCUT2D eigenvalue weighted by molar-refractivity contribution is 6.08. The second-order valence-corrected chi connectivity index (χ2v) is 4.76. The molecular formula is C9H7F9N3O3Si. The number of carbonyl (C=O) groups excluding carboxylic acids is 3. The van der Waals surface area contributed by atoms with Gasteiger partial charge in [0.05, 0.1) is 0 Å². The van der Waals surface area contributed by atoms with E-state index in [-0.39, 0.29) is 0 Å². The number of hydrogen-bond acceptors (Lipinski definition) is 3. The van der Waals surface area contributed by atoms with Crippen molar-refractivity contribution in [2.45, 2.75) is 36.8 Å². The van der Waals surface area contributed by atoms with Crippen LogP contribution < -0.4 is 16.0 Å². The van der Waals surface area contributed by atoms with Gasteiger partial charge in [-0.25, -0.2) is 0 Å². The molecule has 0 heterocycles. The Labute approximate surface area is 135 Å². The fourth-order valence-corrected chi connectivity index (χ4v) is 1.64. The van der Waals surface area contributed by atoms with Crippen LogP contribution in [0.15, 0.2) is 0 Å². The van der Waals surface area contributed by atoms with Crippen LogP contribution in [0.25, 0.3) is 0 Å². The van der Waals surface area contributed by atoms with E-state index in [0.717, 1.165) is 16.0 Å². The van der Waals surface area contributed by atoms with Crippen LogP contribution >= 0.6 is 0 Å². The van der Waals surface area contributed by atoms with Gasteiger partial charge in [-0.3, -0.25) is 14.4 Å². The van der Waals surface area contributed by atoms with Crippen molar-refractivity contribution in [3.63, 3.8) is 0 Å². The lowest BCUT2D eigenvalue weighted by atomic mass is 10.2. The molecule has 0 aliphatic rings. The molecule has 3 radical (unpaired) electrons. The van der Waals surface area contributed by atoms with Gasteiger partial charge in [0.1, 0.15) is 0 Å². The standard InChI is InChI=1S/C9H7F9N3O3Si/c10-7(11,12)3(22)19-6(1-2-25,20-4(23)8(13,14)15)21-5(24)9(16,17)18/h1-2H2,(H,19,22)(H,20,23)(H,21,24). The fraction of sp³-hybridized carbons (Fsp3) is 0.667. The summed E-state index contributed by atoms with van der Waals surface area (Å²) < 4.78 is 110. The third-order valence-electron chi connectivity index (χ3n) is 2.25. The zero-order valence-electron chi connectivity index (χ0n) is 11.5. The van der Waals surface area contributed by atoms with Crippen LogP contribution in [0.3, 0.4) is 0 Å². The summed E-state index contributed by atoms with van der Waals surface area (Å²) in [7, 11) is 2.56. The van der Waals surface area contributed by atoms with E-state index in [1.165, 1.54) is 0 Å². The van der Waals surface area contributed by atoms with Crippen molar-refractivity contribution in [2.24, 2.45) is 0 Å². The van der Waals surface area contributed by atoms with E-state index in [9.17, 15) is 53.9 Å². The van der Waals surface area contributed by atoms with Gasteiger partial charge in [0.25, 0.3) is 0 Å². The lowest BCUT2D eigenvalue weighted by Crippen LogP contribution is -2.73. The van der Waals surface area contributed by atoms with E-state index in [4.69, 9.17) is 0 Å². The Bertz CT molecular complexity index is 460. The topological polar surface area (TPSA) is 87.3 Å². The lowest BCUT2D eigenvalue weighted by Gasteiger charge is -2.36. The molecule has 0 fully saturated rings. The summed E-state index contributed by atoms with van der Waals surface area (Å²) in [6.45, 7) is 0. The molecule has 0 aromatic rings. The maximum atomic E-state index is 12.3. The minimum absolute atomic E-state index is 0.631. The smallest absolute Gasteiger partial charge is 0.308 e. The van der Waals surface area contributed by atoms with Gasteiger partial charge in [-0.05, 0) is 0 Å². The molecule has 6 nitrogen and oxygen atoms in total. The summed E-state index contributed by atoms with van der Waals surface area (Å²) >= 11 is 0. The summed E-state index contributed by atoms with van der Waals surface area (Å²) in [5, 5.41) is 2.16. The predicted octanol–water partition coefficient (Wildman–Crippen LogP) is 0.653. The average molecular weight is 404 g/mol. The van der Waals surface area contributed by atoms with E-state index in [1.807, 2.05) is 0 Å². The van der Waals surface area contributed by atoms with Crippen molar-refractivity contribution in [3.05, 3.63) is 0 Å². The zero-order chi connectivity index (χ0) is 20.3. The van der Waals surface area contributed by atoms with Gasteiger partial charge in [-0.15, -0.1) is 0 Å². The SMILES string of the molecule is O=C(NC(CC[Si])(NC(=O)C(F)(F)F)NC(=O)C(F)(F)F)C(F)(F)F. The van der Waals surface area contributed by atoms with Gasteiger partial charge in [0, 0.05) is 16.7 Å². The Morgan fingerprint density at radius 2 is 0.880 bits per heavy atom. The first-order valence-corrected chi connectivity index (χ1v) is 6.48. The van der Waals surface area contributed by atoms with E-state index in [1.54, 1.807) is 0 Å². The number of halogens is 9. The summed E-state index contributed by atoms with van der Waals surface area (Å²) in [6.07, 6.45) is -18.4. The Morgan fingerprint density at radius 1 is 0.640 bits per heavy atom. The van der Waals surface area contributed by atoms with Gasteiger partial charge in [0.2, 0.25) is 0 Å². The summed E-state index contributed by atoms with van der Waals surface area (Å²) in [5.74, 6) is -12.5. The third-order valence-corrected chi connectivity index (χ3v) is 2.50. The Balaban J connectivity index is 5.88. The monoisotopic (exact) mass is 404 g/mol. The second kappa shape index (κ2) is 7.48. The highest BCUT2D eigenvalue weighted by Crippen LogP contribution is 2.22. The number of hydrogen-bond donors (Lipinski definition) is 3. The van der Waals surface area contributed by atoms with E-state index < -0.39 is 54.5 Å². The minimum Gasteiger partial charge on any atom is -0.308 e. The summed E-state index contributed by atoms with van der Waals surface area (Å²) in [5.41, 5.74) is 0. The molecule has 3 amide bonds. The van der Waals surface area contributed by atoms with Crippen molar-refractivity contribution in [2.75, 3.05) is 0 Å². The largest absolute Gasteiger partial charge is 0.471 e. The van der Waals surface area contributed by atoms with Crippen molar-refractivity contribution in [3.8, 4) is 0 Å². The first kappa shape index (κ1) is 23.0. The van der Waals surface area contributed by atoms with Gasteiger partial charge in [-0.2, -0.15) is 39.5 Å². The Morgan fingerprint density at radius 3 is 1.04 bits per heavy atom. The Hall–Kier alpha value is -2.00. The molecule has 0 spiro atoms. The zero-order valence-corrected chi connectivity index (χ0v) is 12.5. The van der Waals surface area contributed by atoms with Crippen molar-refractivity contribution >= 4 is 28.0 Å². The van der Waals surface area contributed by atoms with E-state index in [0.29, 0.717) is 0 Å². The van der Waals surface area contributed by atoms with Crippen LogP contribution in [0.4, 0.5) is 39.5 Å². The minimum atomic E-state index is -5.73. The van der Waals surface area contributed by atoms with E-state index in [2.05, 4.69) is 10.2 Å². The van der Waals surface area contributed by atoms with Gasteiger partial charge >= 0.3 is 36.3 Å². The molecular weight excluding hydrogens is 397 g/mol. The molecule has 0 aromatic heterocycles. The Kier molecular flexibility index (Phi) is 6.88. The highest BCUT2D eigenvalue weighted by atomic mass is 28.1. The molecule has 0 saturated heterocycles. The fourth-order valence-electron chi connectivity index (χ4n) is 1.26. The summed E-state index contributed by atoms with van der Waals surface area (Å²) in [6, 6.07) is -0.631. The molecule has 0 unspecified atom stereocenters. The lowest BCUT2D eigenvalue weighted by molar-refractivity contribution is -0.187. The molecule has 25 heavy (non-hydrogen) atoms. The molecule has 16 heteroatoms. The molecule has 143 valence electrons. The molecule has 0 aliphatic heterocycles. The van der Waals surface area contributed by atoms with Crippen LogP contribution in [0.5, 0.6) is 0 Å². The molecule has 0 atom stereocenters. The quantitative estimate of drug-likeness (QED) is 0.357. The normalized spacial score (nSPS) is 13.2. The van der Waals surface area contributed by atoms with Crippen LogP contribution in [-0.4, -0.2) is 52.3 Å². The number of carbonyl (C=O) groups is 3. The van der Waals surface area contributed by atoms with Crippen molar-refractivity contribution in [1.82, 2.24) is 16.0 Å². The molecule has 0 rings (SSSR count). The number of amides is 3. The van der Waals surface area contributed by atoms with Crippen molar-refractivity contribution < 1.29 is 53.9 Å². The predicted molar refractivity (Wildman–Crippen MR) is 60.5 cm³/mol. The first-order valence-electron chi connectivity index (χ1n) is 5.77. The maximum Gasteiger partial charge on any atom is 0.471 e. The highest BCUT2D eigenvalue weighted by Gasteiger charge is 2.51. The van der Waals surface area contributed by atoms with Crippen LogP contribution in [0, 0.1) is 0 Å². The molecule has 0 aromatic carbocycles. The van der Waals surface area contributed by atoms with Crippen LogP contribution in [-0.2, 0) is 14.4 Å². The number of rotatable bonds is 5. The summed E-state index contributed by atoms with van der Waals surface area (Å²) in [4.78, 5) is 32.7. The van der Waals surface area contributed by atoms with Crippen molar-refractivity contribution in [1.29, 1.82) is 0 Å². The molecule has 3 N–H and O–H groups in total. The molecule has 0 saturated carbocycles. The first-order chi connectivity index (χ1) is 10.9. The van der Waals surface area contributed by atoms with E-state index >= 15 is 0 Å². The molecule has 0 bridgehead atoms. The number of nitrogens with one attached hydrogen (secondary N) is 3. The molecule has 0 aliphatic carbocycles. The average Bonchev–Trinajstić information content (AvgIpc) is 2.35. The number of alkyl halides is 9. The van der Waals surface area contributed by atoms with Gasteiger partial charge < -0.3 is 16.0 Å². The van der Waals surface area contributed by atoms with Gasteiger partial charge in [0.15, 0.2) is 5.79 Å². The maximum absolute atomic E-state index is 12.3. The third kappa shape index (κ3) is 7.18.